The van der Waals surface area contributed by atoms with E-state index in [4.69, 9.17) is 9.47 Å². The second-order valence-electron chi connectivity index (χ2n) is 5.43. The Morgan fingerprint density at radius 1 is 1.23 bits per heavy atom. The highest BCUT2D eigenvalue weighted by atomic mass is 19.1. The van der Waals surface area contributed by atoms with Crippen molar-refractivity contribution in [3.05, 3.63) is 57.6 Å². The lowest BCUT2D eigenvalue weighted by atomic mass is 10.2. The number of aromatic amines is 1. The molecule has 8 heteroatoms. The Bertz CT molecular complexity index is 846. The molecule has 0 saturated heterocycles. The molecule has 0 spiro atoms. The standard InChI is InChI=1S/C18H19FN2O5/c1-3-4-14(22)26-18-16(25-2)15(23)13(10-21-18)17(24)20-9-11-5-7-12(19)8-6-11/h5-8,10H,3-4,9H2,1-2H3,(H,20,24)(H,21,23). The zero-order valence-corrected chi connectivity index (χ0v) is 14.4. The van der Waals surface area contributed by atoms with Crippen LogP contribution in [0.5, 0.6) is 11.6 Å². The first kappa shape index (κ1) is 19.2. The van der Waals surface area contributed by atoms with Crippen molar-refractivity contribution in [2.45, 2.75) is 26.3 Å². The molecule has 1 aromatic carbocycles. The Morgan fingerprint density at radius 3 is 2.54 bits per heavy atom. The summed E-state index contributed by atoms with van der Waals surface area (Å²) in [6, 6.07) is 5.60. The number of methoxy groups -OCH3 is 1. The van der Waals surface area contributed by atoms with Crippen LogP contribution in [0, 0.1) is 5.82 Å². The first-order valence-corrected chi connectivity index (χ1v) is 7.99. The van der Waals surface area contributed by atoms with Crippen molar-refractivity contribution in [1.29, 1.82) is 0 Å². The second kappa shape index (κ2) is 8.80. The molecule has 0 radical (unpaired) electrons. The largest absolute Gasteiger partial charge is 0.488 e. The number of nitrogens with one attached hydrogen (secondary N) is 2. The first-order chi connectivity index (χ1) is 12.5. The van der Waals surface area contributed by atoms with E-state index in [-0.39, 0.29) is 36.0 Å². The number of hydrogen-bond donors (Lipinski definition) is 2. The van der Waals surface area contributed by atoms with Crippen LogP contribution in [0.4, 0.5) is 4.39 Å². The third kappa shape index (κ3) is 4.69. The molecule has 2 aromatic rings. The van der Waals surface area contributed by atoms with Crippen LogP contribution in [0.2, 0.25) is 0 Å². The average Bonchev–Trinajstić information content (AvgIpc) is 2.61. The molecule has 2 rings (SSSR count). The Kier molecular flexibility index (Phi) is 6.48. The minimum absolute atomic E-state index is 0.119. The molecule has 1 amide bonds. The van der Waals surface area contributed by atoms with Crippen molar-refractivity contribution >= 4 is 11.9 Å². The molecular formula is C18H19FN2O5. The van der Waals surface area contributed by atoms with Gasteiger partial charge in [-0.2, -0.15) is 0 Å². The van der Waals surface area contributed by atoms with Gasteiger partial charge in [0.05, 0.1) is 7.11 Å². The first-order valence-electron chi connectivity index (χ1n) is 7.99. The number of amides is 1. The van der Waals surface area contributed by atoms with Crippen LogP contribution in [-0.4, -0.2) is 24.0 Å². The molecule has 0 bridgehead atoms. The Balaban J connectivity index is 2.15. The summed E-state index contributed by atoms with van der Waals surface area (Å²) < 4.78 is 22.9. The number of pyridine rings is 1. The van der Waals surface area contributed by atoms with Gasteiger partial charge in [-0.15, -0.1) is 0 Å². The fourth-order valence-electron chi connectivity index (χ4n) is 2.17. The van der Waals surface area contributed by atoms with Crippen molar-refractivity contribution in [2.75, 3.05) is 7.11 Å². The van der Waals surface area contributed by atoms with Crippen LogP contribution in [0.15, 0.2) is 35.3 Å². The van der Waals surface area contributed by atoms with Gasteiger partial charge in [-0.1, -0.05) is 19.1 Å². The number of hydrogen-bond acceptors (Lipinski definition) is 5. The topological polar surface area (TPSA) is 97.5 Å². The fraction of sp³-hybridized carbons (Fsp3) is 0.278. The van der Waals surface area contributed by atoms with Gasteiger partial charge in [-0.3, -0.25) is 14.4 Å². The maximum atomic E-state index is 12.9. The Labute approximate surface area is 149 Å². The number of carbonyl (C=O) groups is 2. The molecule has 0 fully saturated rings. The number of carbonyl (C=O) groups excluding carboxylic acids is 2. The maximum absolute atomic E-state index is 12.9. The van der Waals surface area contributed by atoms with Crippen LogP contribution in [0.1, 0.15) is 35.7 Å². The van der Waals surface area contributed by atoms with Gasteiger partial charge < -0.3 is 19.8 Å². The molecule has 0 unspecified atom stereocenters. The van der Waals surface area contributed by atoms with Crippen LogP contribution in [0.25, 0.3) is 0 Å². The normalized spacial score (nSPS) is 10.3. The van der Waals surface area contributed by atoms with E-state index in [1.165, 1.54) is 31.4 Å². The van der Waals surface area contributed by atoms with E-state index in [2.05, 4.69) is 10.3 Å². The number of ether oxygens (including phenoxy) is 2. The van der Waals surface area contributed by atoms with Crippen molar-refractivity contribution in [1.82, 2.24) is 10.3 Å². The lowest BCUT2D eigenvalue weighted by Gasteiger charge is -2.10. The fourth-order valence-corrected chi connectivity index (χ4v) is 2.17. The lowest BCUT2D eigenvalue weighted by Crippen LogP contribution is -2.29. The van der Waals surface area contributed by atoms with Crippen LogP contribution in [-0.2, 0) is 11.3 Å². The molecule has 2 N–H and O–H groups in total. The third-order valence-electron chi connectivity index (χ3n) is 3.49. The average molecular weight is 362 g/mol. The molecule has 0 aliphatic heterocycles. The Morgan fingerprint density at radius 2 is 1.92 bits per heavy atom. The second-order valence-corrected chi connectivity index (χ2v) is 5.43. The minimum Gasteiger partial charge on any atom is -0.488 e. The van der Waals surface area contributed by atoms with Gasteiger partial charge in [0.1, 0.15) is 11.4 Å². The molecule has 1 heterocycles. The summed E-state index contributed by atoms with van der Waals surface area (Å²) in [6.45, 7) is 1.93. The van der Waals surface area contributed by atoms with E-state index in [1.54, 1.807) is 0 Å². The van der Waals surface area contributed by atoms with Gasteiger partial charge in [0.15, 0.2) is 0 Å². The van der Waals surface area contributed by atoms with Gasteiger partial charge in [-0.05, 0) is 24.1 Å². The predicted molar refractivity (Wildman–Crippen MR) is 91.7 cm³/mol. The molecule has 138 valence electrons. The summed E-state index contributed by atoms with van der Waals surface area (Å²) in [4.78, 5) is 38.8. The predicted octanol–water partition coefficient (Wildman–Crippen LogP) is 2.16. The van der Waals surface area contributed by atoms with E-state index in [1.807, 2.05) is 6.92 Å². The van der Waals surface area contributed by atoms with Gasteiger partial charge in [0.25, 0.3) is 5.91 Å². The van der Waals surface area contributed by atoms with E-state index < -0.39 is 17.3 Å². The minimum atomic E-state index is -0.706. The van der Waals surface area contributed by atoms with E-state index in [0.717, 1.165) is 6.20 Å². The van der Waals surface area contributed by atoms with Crippen molar-refractivity contribution < 1.29 is 23.5 Å². The van der Waals surface area contributed by atoms with Crippen molar-refractivity contribution in [2.24, 2.45) is 0 Å². The molecule has 0 aliphatic rings. The van der Waals surface area contributed by atoms with Crippen LogP contribution in [0.3, 0.4) is 0 Å². The molecular weight excluding hydrogens is 343 g/mol. The number of esters is 1. The van der Waals surface area contributed by atoms with Gasteiger partial charge in [-0.25, -0.2) is 4.39 Å². The molecule has 0 atom stereocenters. The third-order valence-corrected chi connectivity index (χ3v) is 3.49. The molecule has 1 aromatic heterocycles. The summed E-state index contributed by atoms with van der Waals surface area (Å²) >= 11 is 0. The van der Waals surface area contributed by atoms with Crippen molar-refractivity contribution in [3.63, 3.8) is 0 Å². The quantitative estimate of drug-likeness (QED) is 0.736. The number of benzene rings is 1. The maximum Gasteiger partial charge on any atom is 0.312 e. The highest BCUT2D eigenvalue weighted by molar-refractivity contribution is 5.94. The van der Waals surface area contributed by atoms with E-state index in [9.17, 15) is 18.8 Å². The van der Waals surface area contributed by atoms with Gasteiger partial charge >= 0.3 is 5.97 Å². The molecule has 0 aliphatic carbocycles. The zero-order valence-electron chi connectivity index (χ0n) is 14.4. The van der Waals surface area contributed by atoms with Crippen LogP contribution < -0.4 is 20.2 Å². The highest BCUT2D eigenvalue weighted by Gasteiger charge is 2.20. The monoisotopic (exact) mass is 362 g/mol. The van der Waals surface area contributed by atoms with E-state index in [0.29, 0.717) is 12.0 Å². The molecule has 7 nitrogen and oxygen atoms in total. The highest BCUT2D eigenvalue weighted by Crippen LogP contribution is 2.20. The van der Waals surface area contributed by atoms with Gasteiger partial charge in [0, 0.05) is 19.2 Å². The summed E-state index contributed by atoms with van der Waals surface area (Å²) in [5.41, 5.74) is -0.227. The zero-order chi connectivity index (χ0) is 19.1. The number of aromatic nitrogens is 1. The number of H-pyrrole nitrogens is 1. The summed E-state index contributed by atoms with van der Waals surface area (Å²) in [5, 5.41) is 2.56. The van der Waals surface area contributed by atoms with Crippen molar-refractivity contribution in [3.8, 4) is 11.6 Å². The number of halogens is 1. The summed E-state index contributed by atoms with van der Waals surface area (Å²) in [6.07, 6.45) is 1.93. The van der Waals surface area contributed by atoms with Gasteiger partial charge in [0.2, 0.25) is 17.1 Å². The molecule has 0 saturated carbocycles. The summed E-state index contributed by atoms with van der Waals surface area (Å²) in [7, 11) is 1.24. The number of rotatable bonds is 7. The van der Waals surface area contributed by atoms with Crippen LogP contribution >= 0.6 is 0 Å². The lowest BCUT2D eigenvalue weighted by molar-refractivity contribution is -0.134. The molecule has 26 heavy (non-hydrogen) atoms. The smallest absolute Gasteiger partial charge is 0.312 e. The van der Waals surface area contributed by atoms with E-state index >= 15 is 0 Å². The SMILES string of the molecule is CCCC(=O)Oc1[nH]cc(C(=O)NCc2ccc(F)cc2)c(=O)c1OC. The summed E-state index contributed by atoms with van der Waals surface area (Å²) in [5.74, 6) is -1.94. The Hall–Kier alpha value is -3.16.